The van der Waals surface area contributed by atoms with Gasteiger partial charge in [0.2, 0.25) is 5.89 Å². The zero-order valence-electron chi connectivity index (χ0n) is 16.2. The minimum absolute atomic E-state index is 0. The van der Waals surface area contributed by atoms with Crippen LogP contribution >= 0.6 is 12.4 Å². The van der Waals surface area contributed by atoms with Crippen LogP contribution in [-0.4, -0.2) is 34.0 Å². The smallest absolute Gasteiger partial charge is 0.254 e. The van der Waals surface area contributed by atoms with E-state index in [2.05, 4.69) is 10.1 Å². The monoisotopic (exact) mass is 412 g/mol. The van der Waals surface area contributed by atoms with E-state index in [0.717, 1.165) is 48.4 Å². The molecule has 1 saturated heterocycles. The zero-order chi connectivity index (χ0) is 19.1. The lowest BCUT2D eigenvalue weighted by Gasteiger charge is -2.34. The predicted octanol–water partition coefficient (Wildman–Crippen LogP) is 4.00. The van der Waals surface area contributed by atoms with Crippen LogP contribution in [0, 0.1) is 0 Å². The molecule has 0 radical (unpaired) electrons. The number of hydrogen-bond donors (Lipinski definition) is 1. The standard InChI is InChI=1S/C22H24N4O2.ClH/c23-22(11-4-12-22)21-24-19(28-25-21)16-9-13-26(14-10-16)20(27)18-8-3-6-15-5-1-2-7-17(15)18;/h1-3,5-8,16H,4,9-14,23H2;1H. The van der Waals surface area contributed by atoms with Crippen LogP contribution in [0.3, 0.4) is 0 Å². The zero-order valence-corrected chi connectivity index (χ0v) is 17.0. The molecule has 152 valence electrons. The molecule has 6 nitrogen and oxygen atoms in total. The normalized spacial score (nSPS) is 18.9. The summed E-state index contributed by atoms with van der Waals surface area (Å²) >= 11 is 0. The summed E-state index contributed by atoms with van der Waals surface area (Å²) in [6.07, 6.45) is 4.62. The molecule has 0 spiro atoms. The van der Waals surface area contributed by atoms with Crippen molar-refractivity contribution in [2.75, 3.05) is 13.1 Å². The van der Waals surface area contributed by atoms with E-state index in [1.807, 2.05) is 47.4 Å². The highest BCUT2D eigenvalue weighted by atomic mass is 35.5. The first-order valence-corrected chi connectivity index (χ1v) is 10.0. The van der Waals surface area contributed by atoms with Gasteiger partial charge in [0.1, 0.15) is 0 Å². The Morgan fingerprint density at radius 3 is 2.55 bits per heavy atom. The second kappa shape index (κ2) is 7.76. The molecule has 0 bridgehead atoms. The van der Waals surface area contributed by atoms with Gasteiger partial charge in [-0.3, -0.25) is 4.79 Å². The van der Waals surface area contributed by atoms with Gasteiger partial charge in [-0.1, -0.05) is 41.6 Å². The molecule has 1 aliphatic heterocycles. The molecule has 3 aromatic rings. The Bertz CT molecular complexity index is 1020. The van der Waals surface area contributed by atoms with Crippen molar-refractivity contribution in [3.8, 4) is 0 Å². The minimum Gasteiger partial charge on any atom is -0.339 e. The quantitative estimate of drug-likeness (QED) is 0.702. The summed E-state index contributed by atoms with van der Waals surface area (Å²) in [5.41, 5.74) is 6.67. The molecule has 1 aliphatic carbocycles. The Morgan fingerprint density at radius 1 is 1.10 bits per heavy atom. The van der Waals surface area contributed by atoms with Crippen LogP contribution in [0.25, 0.3) is 10.8 Å². The van der Waals surface area contributed by atoms with Gasteiger partial charge in [-0.25, -0.2) is 0 Å². The first kappa shape index (κ1) is 19.9. The molecule has 1 aromatic heterocycles. The molecule has 2 fully saturated rings. The van der Waals surface area contributed by atoms with Crippen LogP contribution in [-0.2, 0) is 5.54 Å². The summed E-state index contributed by atoms with van der Waals surface area (Å²) in [5.74, 6) is 1.60. The Hall–Kier alpha value is -2.44. The third kappa shape index (κ3) is 3.51. The number of hydrogen-bond acceptors (Lipinski definition) is 5. The van der Waals surface area contributed by atoms with Crippen molar-refractivity contribution >= 4 is 29.1 Å². The van der Waals surface area contributed by atoms with E-state index in [1.54, 1.807) is 0 Å². The van der Waals surface area contributed by atoms with Crippen molar-refractivity contribution in [1.29, 1.82) is 0 Å². The summed E-state index contributed by atoms with van der Waals surface area (Å²) in [6.45, 7) is 1.39. The van der Waals surface area contributed by atoms with Gasteiger partial charge in [0.05, 0.1) is 5.54 Å². The van der Waals surface area contributed by atoms with Crippen molar-refractivity contribution < 1.29 is 9.32 Å². The number of aromatic nitrogens is 2. The van der Waals surface area contributed by atoms with Crippen molar-refractivity contribution in [2.24, 2.45) is 5.73 Å². The molecular formula is C22H25ClN4O2. The highest BCUT2D eigenvalue weighted by molar-refractivity contribution is 6.07. The summed E-state index contributed by atoms with van der Waals surface area (Å²) in [6, 6.07) is 13.9. The fraction of sp³-hybridized carbons (Fsp3) is 0.409. The maximum atomic E-state index is 13.1. The van der Waals surface area contributed by atoms with Gasteiger partial charge in [0.15, 0.2) is 5.82 Å². The van der Waals surface area contributed by atoms with Crippen molar-refractivity contribution in [1.82, 2.24) is 15.0 Å². The summed E-state index contributed by atoms with van der Waals surface area (Å²) in [7, 11) is 0. The lowest BCUT2D eigenvalue weighted by atomic mass is 9.77. The first-order valence-electron chi connectivity index (χ1n) is 10.0. The topological polar surface area (TPSA) is 85.2 Å². The number of piperidine rings is 1. The average molecular weight is 413 g/mol. The van der Waals surface area contributed by atoms with Crippen LogP contribution in [0.2, 0.25) is 0 Å². The van der Waals surface area contributed by atoms with Gasteiger partial charge in [-0.2, -0.15) is 4.98 Å². The molecule has 1 amide bonds. The molecule has 2 aliphatic rings. The van der Waals surface area contributed by atoms with E-state index >= 15 is 0 Å². The molecule has 7 heteroatoms. The molecule has 2 heterocycles. The number of halogens is 1. The number of carbonyl (C=O) groups excluding carboxylic acids is 1. The third-order valence-electron chi connectivity index (χ3n) is 6.28. The van der Waals surface area contributed by atoms with Gasteiger partial charge in [0.25, 0.3) is 5.91 Å². The SMILES string of the molecule is Cl.NC1(c2noc(C3CCN(C(=O)c4cccc5ccccc45)CC3)n2)CCC1. The highest BCUT2D eigenvalue weighted by Crippen LogP contribution is 2.38. The van der Waals surface area contributed by atoms with Crippen molar-refractivity contribution in [3.63, 3.8) is 0 Å². The van der Waals surface area contributed by atoms with Crippen molar-refractivity contribution in [3.05, 3.63) is 59.7 Å². The average Bonchev–Trinajstić information content (AvgIpc) is 3.22. The lowest BCUT2D eigenvalue weighted by Crippen LogP contribution is -2.44. The van der Waals surface area contributed by atoms with Gasteiger partial charge < -0.3 is 15.2 Å². The number of fused-ring (bicyclic) bond motifs is 1. The Balaban J connectivity index is 0.00000205. The summed E-state index contributed by atoms with van der Waals surface area (Å²) < 4.78 is 5.52. The van der Waals surface area contributed by atoms with E-state index in [0.29, 0.717) is 24.8 Å². The minimum atomic E-state index is -0.396. The number of carbonyl (C=O) groups is 1. The number of likely N-dealkylation sites (tertiary alicyclic amines) is 1. The molecule has 0 atom stereocenters. The van der Waals surface area contributed by atoms with Gasteiger partial charge in [0, 0.05) is 24.6 Å². The second-order valence-electron chi connectivity index (χ2n) is 8.06. The number of nitrogens with two attached hydrogens (primary N) is 1. The van der Waals surface area contributed by atoms with Crippen LogP contribution in [0.5, 0.6) is 0 Å². The van der Waals surface area contributed by atoms with E-state index in [9.17, 15) is 4.79 Å². The Morgan fingerprint density at radius 2 is 1.83 bits per heavy atom. The van der Waals surface area contributed by atoms with Gasteiger partial charge >= 0.3 is 0 Å². The van der Waals surface area contributed by atoms with E-state index in [1.165, 1.54) is 0 Å². The van der Waals surface area contributed by atoms with E-state index in [4.69, 9.17) is 10.3 Å². The first-order chi connectivity index (χ1) is 13.6. The third-order valence-corrected chi connectivity index (χ3v) is 6.28. The molecule has 1 saturated carbocycles. The highest BCUT2D eigenvalue weighted by Gasteiger charge is 2.40. The lowest BCUT2D eigenvalue weighted by molar-refractivity contribution is 0.0706. The molecular weight excluding hydrogens is 388 g/mol. The van der Waals surface area contributed by atoms with E-state index < -0.39 is 5.54 Å². The fourth-order valence-corrected chi connectivity index (χ4v) is 4.30. The van der Waals surface area contributed by atoms with Crippen LogP contribution in [0.15, 0.2) is 47.0 Å². The largest absolute Gasteiger partial charge is 0.339 e. The maximum absolute atomic E-state index is 13.1. The Labute approximate surface area is 175 Å². The number of benzene rings is 2. The van der Waals surface area contributed by atoms with Gasteiger partial charge in [-0.05, 0) is 48.9 Å². The van der Waals surface area contributed by atoms with Crippen molar-refractivity contribution in [2.45, 2.75) is 43.6 Å². The van der Waals surface area contributed by atoms with Crippen LogP contribution in [0.4, 0.5) is 0 Å². The summed E-state index contributed by atoms with van der Waals surface area (Å²) in [4.78, 5) is 19.6. The predicted molar refractivity (Wildman–Crippen MR) is 113 cm³/mol. The van der Waals surface area contributed by atoms with Crippen LogP contribution in [0.1, 0.15) is 60.1 Å². The second-order valence-corrected chi connectivity index (χ2v) is 8.06. The number of rotatable bonds is 3. The molecule has 29 heavy (non-hydrogen) atoms. The molecule has 5 rings (SSSR count). The number of amides is 1. The van der Waals surface area contributed by atoms with E-state index in [-0.39, 0.29) is 24.2 Å². The Kier molecular flexibility index (Phi) is 5.32. The summed E-state index contributed by atoms with van der Waals surface area (Å²) in [5, 5.41) is 6.23. The molecule has 2 N–H and O–H groups in total. The fourth-order valence-electron chi connectivity index (χ4n) is 4.30. The van der Waals surface area contributed by atoms with Crippen LogP contribution < -0.4 is 5.73 Å². The molecule has 0 unspecified atom stereocenters. The number of nitrogens with zero attached hydrogens (tertiary/aromatic N) is 3. The van der Waals surface area contributed by atoms with Gasteiger partial charge in [-0.15, -0.1) is 12.4 Å². The maximum Gasteiger partial charge on any atom is 0.254 e. The molecule has 2 aromatic carbocycles.